The number of carbonyl (C=O) groups excluding carboxylic acids is 1. The van der Waals surface area contributed by atoms with E-state index in [4.69, 9.17) is 14.2 Å². The van der Waals surface area contributed by atoms with Crippen molar-refractivity contribution in [1.82, 2.24) is 0 Å². The second kappa shape index (κ2) is 9.77. The summed E-state index contributed by atoms with van der Waals surface area (Å²) in [6, 6.07) is 2.90. The van der Waals surface area contributed by atoms with Gasteiger partial charge in [0.1, 0.15) is 22.8 Å². The first-order chi connectivity index (χ1) is 11.0. The zero-order valence-electron chi connectivity index (χ0n) is 14.1. The monoisotopic (exact) mass is 322 g/mol. The van der Waals surface area contributed by atoms with Crippen molar-refractivity contribution in [3.63, 3.8) is 0 Å². The summed E-state index contributed by atoms with van der Waals surface area (Å²) < 4.78 is 15.6. The van der Waals surface area contributed by atoms with Gasteiger partial charge in [0, 0.05) is 12.1 Å². The normalized spacial score (nSPS) is 11.6. The summed E-state index contributed by atoms with van der Waals surface area (Å²) in [4.78, 5) is 12.3. The first-order valence-corrected chi connectivity index (χ1v) is 7.80. The van der Waals surface area contributed by atoms with Gasteiger partial charge in [-0.25, -0.2) is 4.79 Å². The number of benzene rings is 1. The molecule has 0 saturated heterocycles. The number of unbranched alkanes of at least 4 members (excludes halogenated alkanes) is 3. The van der Waals surface area contributed by atoms with Gasteiger partial charge in [0.2, 0.25) is 0 Å². The molecule has 0 bridgehead atoms. The Morgan fingerprint density at radius 1 is 1.26 bits per heavy atom. The van der Waals surface area contributed by atoms with E-state index in [0.717, 1.165) is 32.1 Å². The number of aromatic hydroxyl groups is 1. The van der Waals surface area contributed by atoms with Gasteiger partial charge in [0.05, 0.1) is 20.3 Å². The molecule has 0 aliphatic rings. The van der Waals surface area contributed by atoms with E-state index in [-0.39, 0.29) is 23.2 Å². The van der Waals surface area contributed by atoms with Crippen molar-refractivity contribution in [2.75, 3.05) is 14.2 Å². The van der Waals surface area contributed by atoms with Gasteiger partial charge in [-0.05, 0) is 32.6 Å². The van der Waals surface area contributed by atoms with Crippen LogP contribution in [0.15, 0.2) is 24.8 Å². The quantitative estimate of drug-likeness (QED) is 0.399. The van der Waals surface area contributed by atoms with Gasteiger partial charge in [0.15, 0.2) is 0 Å². The van der Waals surface area contributed by atoms with Crippen molar-refractivity contribution in [3.8, 4) is 17.2 Å². The molecule has 0 aliphatic carbocycles. The van der Waals surface area contributed by atoms with Gasteiger partial charge in [-0.1, -0.05) is 12.5 Å². The van der Waals surface area contributed by atoms with E-state index in [1.807, 2.05) is 13.0 Å². The van der Waals surface area contributed by atoms with E-state index < -0.39 is 5.97 Å². The summed E-state index contributed by atoms with van der Waals surface area (Å²) in [5, 5.41) is 10.0. The highest BCUT2D eigenvalue weighted by molar-refractivity contribution is 5.96. The van der Waals surface area contributed by atoms with Crippen molar-refractivity contribution in [2.45, 2.75) is 45.1 Å². The molecule has 5 heteroatoms. The van der Waals surface area contributed by atoms with Crippen LogP contribution in [0.2, 0.25) is 0 Å². The number of allylic oxidation sites excluding steroid dienone is 1. The molecule has 1 N–H and O–H groups in total. The van der Waals surface area contributed by atoms with Crippen LogP contribution in [0.5, 0.6) is 17.2 Å². The number of hydrogen-bond acceptors (Lipinski definition) is 5. The first kappa shape index (κ1) is 18.9. The highest BCUT2D eigenvalue weighted by Gasteiger charge is 2.22. The average Bonchev–Trinajstić information content (AvgIpc) is 2.53. The first-order valence-electron chi connectivity index (χ1n) is 7.80. The largest absolute Gasteiger partial charge is 0.507 e. The number of rotatable bonds is 10. The van der Waals surface area contributed by atoms with Gasteiger partial charge in [-0.3, -0.25) is 0 Å². The number of esters is 1. The van der Waals surface area contributed by atoms with Crippen LogP contribution in [0.25, 0.3) is 0 Å². The molecule has 5 nitrogen and oxygen atoms in total. The lowest BCUT2D eigenvalue weighted by Crippen LogP contribution is -2.16. The van der Waals surface area contributed by atoms with Crippen molar-refractivity contribution in [1.29, 1.82) is 0 Å². The maximum absolute atomic E-state index is 12.3. The summed E-state index contributed by atoms with van der Waals surface area (Å²) in [5.41, 5.74) is 0.0202. The van der Waals surface area contributed by atoms with E-state index in [9.17, 15) is 9.90 Å². The molecule has 0 fully saturated rings. The van der Waals surface area contributed by atoms with Gasteiger partial charge in [0.25, 0.3) is 0 Å². The number of hydrogen-bond donors (Lipinski definition) is 1. The molecule has 0 aliphatic heterocycles. The number of methoxy groups -OCH3 is 2. The van der Waals surface area contributed by atoms with Gasteiger partial charge >= 0.3 is 5.97 Å². The van der Waals surface area contributed by atoms with Gasteiger partial charge in [-0.2, -0.15) is 0 Å². The van der Waals surface area contributed by atoms with Crippen LogP contribution in [-0.2, 0) is 4.74 Å². The summed E-state index contributed by atoms with van der Waals surface area (Å²) in [7, 11) is 2.90. The Kier molecular flexibility index (Phi) is 8.02. The Morgan fingerprint density at radius 2 is 2.00 bits per heavy atom. The van der Waals surface area contributed by atoms with Crippen LogP contribution in [-0.4, -0.2) is 31.4 Å². The third kappa shape index (κ3) is 5.85. The maximum atomic E-state index is 12.3. The number of phenolic OH excluding ortho intramolecular Hbond substituents is 1. The second-order valence-electron chi connectivity index (χ2n) is 5.37. The van der Waals surface area contributed by atoms with Crippen molar-refractivity contribution < 1.29 is 24.1 Å². The van der Waals surface area contributed by atoms with Crippen LogP contribution in [0.3, 0.4) is 0 Å². The van der Waals surface area contributed by atoms with E-state index in [1.165, 1.54) is 26.4 Å². The van der Waals surface area contributed by atoms with Crippen LogP contribution in [0, 0.1) is 0 Å². The summed E-state index contributed by atoms with van der Waals surface area (Å²) >= 11 is 0. The Balaban J connectivity index is 2.65. The van der Waals surface area contributed by atoms with Gasteiger partial charge < -0.3 is 19.3 Å². The molecule has 1 aromatic rings. The van der Waals surface area contributed by atoms with Crippen molar-refractivity contribution in [3.05, 3.63) is 30.4 Å². The molecule has 128 valence electrons. The Hall–Kier alpha value is -2.17. The molecule has 0 saturated carbocycles. The Bertz CT molecular complexity index is 524. The molecule has 0 amide bonds. The topological polar surface area (TPSA) is 65.0 Å². The standard InChI is InChI=1S/C18H26O5/c1-5-6-7-8-9-10-13(2)23-18(20)17-15(19)11-14(21-3)12-16(17)22-4/h5,11-13,19H,1,6-10H2,2-4H3. The van der Waals surface area contributed by atoms with E-state index in [0.29, 0.717) is 5.75 Å². The highest BCUT2D eigenvalue weighted by Crippen LogP contribution is 2.34. The van der Waals surface area contributed by atoms with Crippen LogP contribution < -0.4 is 9.47 Å². The fourth-order valence-corrected chi connectivity index (χ4v) is 2.26. The fraction of sp³-hybridized carbons (Fsp3) is 0.500. The highest BCUT2D eigenvalue weighted by atomic mass is 16.5. The SMILES string of the molecule is C=CCCCCCC(C)OC(=O)c1c(O)cc(OC)cc1OC. The lowest BCUT2D eigenvalue weighted by Gasteiger charge is -2.16. The van der Waals surface area contributed by atoms with Crippen molar-refractivity contribution in [2.24, 2.45) is 0 Å². The minimum Gasteiger partial charge on any atom is -0.507 e. The van der Waals surface area contributed by atoms with Gasteiger partial charge in [-0.15, -0.1) is 6.58 Å². The second-order valence-corrected chi connectivity index (χ2v) is 5.37. The third-order valence-corrected chi connectivity index (χ3v) is 3.54. The predicted octanol–water partition coefficient (Wildman–Crippen LogP) is 4.09. The van der Waals surface area contributed by atoms with Crippen LogP contribution >= 0.6 is 0 Å². The van der Waals surface area contributed by atoms with E-state index >= 15 is 0 Å². The molecule has 0 spiro atoms. The summed E-state index contributed by atoms with van der Waals surface area (Å²) in [6.07, 6.45) is 6.61. The van der Waals surface area contributed by atoms with Crippen LogP contribution in [0.1, 0.15) is 49.4 Å². The molecule has 1 rings (SSSR count). The molecule has 1 unspecified atom stereocenters. The lowest BCUT2D eigenvalue weighted by molar-refractivity contribution is 0.0312. The molecule has 1 atom stereocenters. The number of carbonyl (C=O) groups is 1. The molecule has 23 heavy (non-hydrogen) atoms. The number of ether oxygens (including phenoxy) is 3. The fourth-order valence-electron chi connectivity index (χ4n) is 2.26. The van der Waals surface area contributed by atoms with Crippen molar-refractivity contribution >= 4 is 5.97 Å². The summed E-state index contributed by atoms with van der Waals surface area (Å²) in [6.45, 7) is 5.54. The molecule has 0 radical (unpaired) electrons. The number of phenols is 1. The minimum atomic E-state index is -0.597. The maximum Gasteiger partial charge on any atom is 0.346 e. The zero-order chi connectivity index (χ0) is 17.2. The Morgan fingerprint density at radius 3 is 2.61 bits per heavy atom. The van der Waals surface area contributed by atoms with Crippen LogP contribution in [0.4, 0.5) is 0 Å². The molecular weight excluding hydrogens is 296 g/mol. The minimum absolute atomic E-state index is 0.0202. The lowest BCUT2D eigenvalue weighted by atomic mass is 10.1. The molecule has 0 heterocycles. The molecular formula is C18H26O5. The molecule has 0 aromatic heterocycles. The van der Waals surface area contributed by atoms with E-state index in [2.05, 4.69) is 6.58 Å². The summed E-state index contributed by atoms with van der Waals surface area (Å²) in [5.74, 6) is -0.179. The molecule has 1 aromatic carbocycles. The zero-order valence-corrected chi connectivity index (χ0v) is 14.1. The Labute approximate surface area is 137 Å². The average molecular weight is 322 g/mol. The van der Waals surface area contributed by atoms with E-state index in [1.54, 1.807) is 0 Å². The third-order valence-electron chi connectivity index (χ3n) is 3.54. The predicted molar refractivity (Wildman–Crippen MR) is 89.4 cm³/mol. The smallest absolute Gasteiger partial charge is 0.346 e.